The summed E-state index contributed by atoms with van der Waals surface area (Å²) in [5, 5.41) is 8.42. The van der Waals surface area contributed by atoms with E-state index in [1.807, 2.05) is 41.5 Å². The topological polar surface area (TPSA) is 116 Å². The SMILES string of the molecule is C.C.CC(C)(C)C[C@H](N)C(=O)O.COC(=O)[C@@H](N)CC(C)(C)C.Cl. The summed E-state index contributed by atoms with van der Waals surface area (Å²) in [6.45, 7) is 12.0. The number of aliphatic carboxylic acids is 1. The number of nitrogens with two attached hydrogens (primary N) is 2. The van der Waals surface area contributed by atoms with Gasteiger partial charge in [0.05, 0.1) is 7.11 Å². The van der Waals surface area contributed by atoms with Crippen LogP contribution in [0.15, 0.2) is 0 Å². The number of hydrogen-bond donors (Lipinski definition) is 3. The zero-order valence-corrected chi connectivity index (χ0v) is 15.6. The largest absolute Gasteiger partial charge is 0.480 e. The van der Waals surface area contributed by atoms with Crippen LogP contribution >= 0.6 is 12.4 Å². The maximum absolute atomic E-state index is 10.8. The fourth-order valence-electron chi connectivity index (χ4n) is 1.64. The van der Waals surface area contributed by atoms with Crippen molar-refractivity contribution in [2.45, 2.75) is 81.3 Å². The molecule has 0 amide bonds. The molecule has 0 saturated carbocycles. The average molecular weight is 373 g/mol. The van der Waals surface area contributed by atoms with Gasteiger partial charge in [0.2, 0.25) is 0 Å². The summed E-state index contributed by atoms with van der Waals surface area (Å²) >= 11 is 0. The molecular weight excluding hydrogens is 332 g/mol. The number of rotatable bonds is 4. The van der Waals surface area contributed by atoms with Crippen molar-refractivity contribution in [3.8, 4) is 0 Å². The standard InChI is InChI=1S/C8H17NO2.C7H15NO2.2CH4.ClH/c1-8(2,3)5-6(9)7(10)11-4;1-7(2,3)4-5(8)6(9)10;;;/h6H,5,9H2,1-4H3;5H,4,8H2,1-3H3,(H,9,10);2*1H4;1H/t6-;5-;;;/m00.../s1. The van der Waals surface area contributed by atoms with E-state index in [2.05, 4.69) is 4.74 Å². The second-order valence-corrected chi connectivity index (χ2v) is 7.60. The molecule has 0 radical (unpaired) electrons. The summed E-state index contributed by atoms with van der Waals surface area (Å²) in [5.74, 6) is -1.25. The van der Waals surface area contributed by atoms with Crippen LogP contribution in [0.1, 0.15) is 69.2 Å². The molecule has 0 aromatic carbocycles. The van der Waals surface area contributed by atoms with Crippen molar-refractivity contribution in [1.82, 2.24) is 0 Å². The van der Waals surface area contributed by atoms with Gasteiger partial charge in [-0.15, -0.1) is 12.4 Å². The molecule has 2 atom stereocenters. The third-order valence-corrected chi connectivity index (χ3v) is 2.49. The highest BCUT2D eigenvalue weighted by molar-refractivity contribution is 5.85. The van der Waals surface area contributed by atoms with Crippen molar-refractivity contribution in [2.75, 3.05) is 7.11 Å². The highest BCUT2D eigenvalue weighted by Crippen LogP contribution is 2.20. The van der Waals surface area contributed by atoms with Gasteiger partial charge < -0.3 is 21.3 Å². The summed E-state index contributed by atoms with van der Waals surface area (Å²) in [4.78, 5) is 21.1. The number of hydrogen-bond acceptors (Lipinski definition) is 5. The molecule has 0 aliphatic heterocycles. The lowest BCUT2D eigenvalue weighted by Gasteiger charge is -2.21. The van der Waals surface area contributed by atoms with Gasteiger partial charge in [0.1, 0.15) is 12.1 Å². The van der Waals surface area contributed by atoms with Crippen LogP contribution in [0.5, 0.6) is 0 Å². The smallest absolute Gasteiger partial charge is 0.322 e. The Morgan fingerprint density at radius 3 is 1.38 bits per heavy atom. The third-order valence-electron chi connectivity index (χ3n) is 2.49. The first-order valence-electron chi connectivity index (χ1n) is 7.01. The Labute approximate surface area is 155 Å². The molecule has 0 spiro atoms. The number of carboxylic acids is 1. The normalized spacial score (nSPS) is 12.7. The first kappa shape index (κ1) is 34.5. The van der Waals surface area contributed by atoms with Crippen molar-refractivity contribution in [3.63, 3.8) is 0 Å². The fraction of sp³-hybridized carbons (Fsp3) is 0.882. The van der Waals surface area contributed by atoms with Gasteiger partial charge in [-0.3, -0.25) is 9.59 Å². The van der Waals surface area contributed by atoms with Crippen LogP contribution in [0.3, 0.4) is 0 Å². The summed E-state index contributed by atoms with van der Waals surface area (Å²) in [6.07, 6.45) is 1.17. The predicted octanol–water partition coefficient (Wildman–Crippen LogP) is 3.45. The first-order chi connectivity index (χ1) is 9.19. The molecule has 0 bridgehead atoms. The van der Waals surface area contributed by atoms with Crippen LogP contribution in [-0.4, -0.2) is 36.2 Å². The van der Waals surface area contributed by atoms with Crippen LogP contribution in [0, 0.1) is 10.8 Å². The fourth-order valence-corrected chi connectivity index (χ4v) is 1.64. The molecule has 7 heteroatoms. The number of ether oxygens (including phenoxy) is 1. The van der Waals surface area contributed by atoms with Gasteiger partial charge in [0, 0.05) is 0 Å². The van der Waals surface area contributed by atoms with E-state index in [-0.39, 0.29) is 44.1 Å². The summed E-state index contributed by atoms with van der Waals surface area (Å²) < 4.78 is 4.49. The number of esters is 1. The van der Waals surface area contributed by atoms with Gasteiger partial charge in [-0.05, 0) is 23.7 Å². The Bertz CT molecular complexity index is 336. The molecule has 0 heterocycles. The van der Waals surface area contributed by atoms with Gasteiger partial charge >= 0.3 is 11.9 Å². The second kappa shape index (κ2) is 14.5. The number of methoxy groups -OCH3 is 1. The molecule has 0 aliphatic carbocycles. The molecule has 0 aromatic heterocycles. The van der Waals surface area contributed by atoms with E-state index in [0.29, 0.717) is 12.8 Å². The molecule has 0 fully saturated rings. The van der Waals surface area contributed by atoms with Crippen molar-refractivity contribution < 1.29 is 19.4 Å². The zero-order chi connectivity index (χ0) is 17.4. The molecule has 5 N–H and O–H groups in total. The second-order valence-electron chi connectivity index (χ2n) is 7.60. The molecule has 0 aromatic rings. The van der Waals surface area contributed by atoms with Crippen molar-refractivity contribution in [1.29, 1.82) is 0 Å². The molecule has 0 unspecified atom stereocenters. The first-order valence-corrected chi connectivity index (χ1v) is 7.01. The zero-order valence-electron chi connectivity index (χ0n) is 14.8. The van der Waals surface area contributed by atoms with E-state index in [1.165, 1.54) is 7.11 Å². The Hall–Kier alpha value is -0.850. The Morgan fingerprint density at radius 1 is 0.917 bits per heavy atom. The van der Waals surface area contributed by atoms with E-state index < -0.39 is 18.1 Å². The highest BCUT2D eigenvalue weighted by Gasteiger charge is 2.21. The lowest BCUT2D eigenvalue weighted by Crippen LogP contribution is -2.35. The summed E-state index contributed by atoms with van der Waals surface area (Å²) in [7, 11) is 1.35. The Kier molecular flexibility index (Phi) is 20.8. The quantitative estimate of drug-likeness (QED) is 0.651. The highest BCUT2D eigenvalue weighted by atomic mass is 35.5. The molecule has 6 nitrogen and oxygen atoms in total. The molecular formula is C17H41ClN2O4. The number of carbonyl (C=O) groups is 2. The molecule has 0 saturated heterocycles. The van der Waals surface area contributed by atoms with Gasteiger partial charge in [0.15, 0.2) is 0 Å². The molecule has 24 heavy (non-hydrogen) atoms. The van der Waals surface area contributed by atoms with Crippen molar-refractivity contribution >= 4 is 24.3 Å². The van der Waals surface area contributed by atoms with Gasteiger partial charge in [0.25, 0.3) is 0 Å². The summed E-state index contributed by atoms with van der Waals surface area (Å²) in [6, 6.07) is -1.21. The van der Waals surface area contributed by atoms with Gasteiger partial charge in [-0.2, -0.15) is 0 Å². The molecule has 0 aliphatic rings. The number of carboxylic acid groups (broad SMARTS) is 1. The maximum atomic E-state index is 10.8. The maximum Gasteiger partial charge on any atom is 0.322 e. The number of carbonyl (C=O) groups excluding carboxylic acids is 1. The van der Waals surface area contributed by atoms with Crippen LogP contribution in [0.25, 0.3) is 0 Å². The van der Waals surface area contributed by atoms with E-state index in [9.17, 15) is 9.59 Å². The molecule has 150 valence electrons. The summed E-state index contributed by atoms with van der Waals surface area (Å²) in [5.41, 5.74) is 10.9. The Balaban J connectivity index is -0.0000000894. The van der Waals surface area contributed by atoms with Crippen molar-refractivity contribution in [3.05, 3.63) is 0 Å². The van der Waals surface area contributed by atoms with Crippen molar-refractivity contribution in [2.24, 2.45) is 22.3 Å². The lowest BCUT2D eigenvalue weighted by atomic mass is 9.88. The average Bonchev–Trinajstić information content (AvgIpc) is 2.24. The predicted molar refractivity (Wildman–Crippen MR) is 104 cm³/mol. The van der Waals surface area contributed by atoms with Crippen LogP contribution in [0.4, 0.5) is 0 Å². The van der Waals surface area contributed by atoms with Crippen LogP contribution in [0.2, 0.25) is 0 Å². The van der Waals surface area contributed by atoms with E-state index in [4.69, 9.17) is 16.6 Å². The van der Waals surface area contributed by atoms with E-state index in [1.54, 1.807) is 0 Å². The van der Waals surface area contributed by atoms with Gasteiger partial charge in [-0.1, -0.05) is 56.4 Å². The minimum Gasteiger partial charge on any atom is -0.480 e. The Morgan fingerprint density at radius 2 is 1.21 bits per heavy atom. The lowest BCUT2D eigenvalue weighted by molar-refractivity contribution is -0.143. The van der Waals surface area contributed by atoms with Crippen LogP contribution < -0.4 is 11.5 Å². The third kappa shape index (κ3) is 23.4. The van der Waals surface area contributed by atoms with E-state index in [0.717, 1.165) is 0 Å². The van der Waals surface area contributed by atoms with Gasteiger partial charge in [-0.25, -0.2) is 0 Å². The van der Waals surface area contributed by atoms with E-state index >= 15 is 0 Å². The monoisotopic (exact) mass is 372 g/mol. The molecule has 0 rings (SSSR count). The van der Waals surface area contributed by atoms with Crippen LogP contribution in [-0.2, 0) is 14.3 Å². The minimum atomic E-state index is -0.921. The minimum absolute atomic E-state index is 0. The number of halogens is 1.